The lowest BCUT2D eigenvalue weighted by molar-refractivity contribution is -0.144. The summed E-state index contributed by atoms with van der Waals surface area (Å²) in [5, 5.41) is 10.5. The Kier molecular flexibility index (Phi) is 3.99. The molecule has 5 unspecified atom stereocenters. The van der Waals surface area contributed by atoms with Crippen molar-refractivity contribution in [1.82, 2.24) is 0 Å². The second kappa shape index (κ2) is 5.47. The predicted molar refractivity (Wildman–Crippen MR) is 90.7 cm³/mol. The van der Waals surface area contributed by atoms with Gasteiger partial charge in [-0.25, -0.2) is 4.79 Å². The third kappa shape index (κ3) is 2.57. The number of aliphatic hydroxyl groups is 1. The van der Waals surface area contributed by atoms with Crippen LogP contribution in [0.5, 0.6) is 0 Å². The SMILES string of the molecule is C=C1CCC2C(C)(C)C(O)CCC2(C)C1CC1OC(=O)C=C1C. The van der Waals surface area contributed by atoms with Crippen LogP contribution in [0.4, 0.5) is 0 Å². The summed E-state index contributed by atoms with van der Waals surface area (Å²) < 4.78 is 5.50. The number of aliphatic hydroxyl groups excluding tert-OH is 1. The molecule has 1 N–H and O–H groups in total. The van der Waals surface area contributed by atoms with E-state index in [9.17, 15) is 9.90 Å². The molecule has 2 saturated carbocycles. The minimum absolute atomic E-state index is 0.0663. The summed E-state index contributed by atoms with van der Waals surface area (Å²) in [4.78, 5) is 11.5. The van der Waals surface area contributed by atoms with E-state index in [1.54, 1.807) is 6.08 Å². The van der Waals surface area contributed by atoms with E-state index in [1.807, 2.05) is 6.92 Å². The summed E-state index contributed by atoms with van der Waals surface area (Å²) in [5.74, 6) is 0.623. The number of allylic oxidation sites excluding steroid dienone is 1. The molecule has 1 aliphatic heterocycles. The standard InChI is InChI=1S/C20H30O3/c1-12-6-7-16-19(3,4)17(21)8-9-20(16,5)14(12)11-15-13(2)10-18(22)23-15/h10,14-17,21H,1,6-9,11H2,2-5H3. The number of esters is 1. The van der Waals surface area contributed by atoms with E-state index in [0.717, 1.165) is 37.7 Å². The van der Waals surface area contributed by atoms with Crippen molar-refractivity contribution in [2.24, 2.45) is 22.7 Å². The summed E-state index contributed by atoms with van der Waals surface area (Å²) in [5.41, 5.74) is 2.39. The quantitative estimate of drug-likeness (QED) is 0.618. The summed E-state index contributed by atoms with van der Waals surface area (Å²) in [7, 11) is 0. The molecule has 3 rings (SSSR count). The zero-order chi connectivity index (χ0) is 17.0. The summed E-state index contributed by atoms with van der Waals surface area (Å²) in [6.45, 7) is 13.1. The molecule has 23 heavy (non-hydrogen) atoms. The van der Waals surface area contributed by atoms with Crippen LogP contribution < -0.4 is 0 Å². The maximum atomic E-state index is 11.5. The van der Waals surface area contributed by atoms with Gasteiger partial charge in [0.2, 0.25) is 0 Å². The molecule has 5 atom stereocenters. The molecule has 0 spiro atoms. The first-order valence-electron chi connectivity index (χ1n) is 8.91. The largest absolute Gasteiger partial charge is 0.455 e. The third-order valence-electron chi connectivity index (χ3n) is 7.11. The molecular weight excluding hydrogens is 288 g/mol. The Morgan fingerprint density at radius 2 is 2.04 bits per heavy atom. The van der Waals surface area contributed by atoms with Crippen molar-refractivity contribution in [1.29, 1.82) is 0 Å². The Morgan fingerprint density at radius 1 is 1.35 bits per heavy atom. The first-order chi connectivity index (χ1) is 10.7. The average molecular weight is 318 g/mol. The van der Waals surface area contributed by atoms with Crippen LogP contribution in [-0.2, 0) is 9.53 Å². The monoisotopic (exact) mass is 318 g/mol. The topological polar surface area (TPSA) is 46.5 Å². The van der Waals surface area contributed by atoms with E-state index in [1.165, 1.54) is 5.57 Å². The van der Waals surface area contributed by atoms with Crippen LogP contribution in [-0.4, -0.2) is 23.3 Å². The maximum absolute atomic E-state index is 11.5. The van der Waals surface area contributed by atoms with Gasteiger partial charge in [-0.15, -0.1) is 0 Å². The van der Waals surface area contributed by atoms with Crippen molar-refractivity contribution in [3.63, 3.8) is 0 Å². The molecule has 0 aromatic rings. The smallest absolute Gasteiger partial charge is 0.331 e. The van der Waals surface area contributed by atoms with Gasteiger partial charge in [0.25, 0.3) is 0 Å². The lowest BCUT2D eigenvalue weighted by atomic mass is 9.46. The molecule has 3 heteroatoms. The summed E-state index contributed by atoms with van der Waals surface area (Å²) in [6.07, 6.45) is 6.13. The number of fused-ring (bicyclic) bond motifs is 1. The molecule has 128 valence electrons. The highest BCUT2D eigenvalue weighted by molar-refractivity contribution is 5.85. The van der Waals surface area contributed by atoms with Crippen molar-refractivity contribution >= 4 is 5.97 Å². The zero-order valence-corrected chi connectivity index (χ0v) is 14.9. The van der Waals surface area contributed by atoms with Gasteiger partial charge in [-0.2, -0.15) is 0 Å². The Hall–Kier alpha value is -1.09. The summed E-state index contributed by atoms with van der Waals surface area (Å²) >= 11 is 0. The lowest BCUT2D eigenvalue weighted by Gasteiger charge is -2.59. The van der Waals surface area contributed by atoms with Gasteiger partial charge in [0.05, 0.1) is 6.10 Å². The maximum Gasteiger partial charge on any atom is 0.331 e. The van der Waals surface area contributed by atoms with Crippen LogP contribution in [0.25, 0.3) is 0 Å². The molecule has 2 aliphatic carbocycles. The van der Waals surface area contributed by atoms with Gasteiger partial charge in [-0.1, -0.05) is 32.9 Å². The van der Waals surface area contributed by atoms with Crippen molar-refractivity contribution in [3.05, 3.63) is 23.8 Å². The molecule has 0 radical (unpaired) electrons. The zero-order valence-electron chi connectivity index (χ0n) is 14.9. The predicted octanol–water partition coefficient (Wildman–Crippen LogP) is 4.02. The van der Waals surface area contributed by atoms with Gasteiger partial charge in [0.15, 0.2) is 0 Å². The van der Waals surface area contributed by atoms with E-state index in [0.29, 0.717) is 11.8 Å². The van der Waals surface area contributed by atoms with Crippen molar-refractivity contribution in [2.45, 2.75) is 72.0 Å². The van der Waals surface area contributed by atoms with E-state index in [4.69, 9.17) is 4.74 Å². The number of hydrogen-bond acceptors (Lipinski definition) is 3. The normalized spacial score (nSPS) is 42.9. The van der Waals surface area contributed by atoms with Crippen LogP contribution in [0.15, 0.2) is 23.8 Å². The van der Waals surface area contributed by atoms with Crippen molar-refractivity contribution in [2.75, 3.05) is 0 Å². The Bertz CT molecular complexity index is 559. The van der Waals surface area contributed by atoms with Crippen molar-refractivity contribution in [3.8, 4) is 0 Å². The highest BCUT2D eigenvalue weighted by atomic mass is 16.5. The minimum atomic E-state index is -0.224. The van der Waals surface area contributed by atoms with Crippen LogP contribution in [0.3, 0.4) is 0 Å². The van der Waals surface area contributed by atoms with Gasteiger partial charge < -0.3 is 9.84 Å². The Morgan fingerprint density at radius 3 is 2.65 bits per heavy atom. The lowest BCUT2D eigenvalue weighted by Crippen LogP contribution is -2.55. The average Bonchev–Trinajstić information content (AvgIpc) is 2.77. The highest BCUT2D eigenvalue weighted by Gasteiger charge is 2.56. The molecule has 0 aromatic heterocycles. The van der Waals surface area contributed by atoms with E-state index < -0.39 is 0 Å². The Balaban J connectivity index is 1.88. The van der Waals surface area contributed by atoms with Crippen molar-refractivity contribution < 1.29 is 14.6 Å². The highest BCUT2D eigenvalue weighted by Crippen LogP contribution is 2.62. The van der Waals surface area contributed by atoms with Gasteiger partial charge in [0.1, 0.15) is 6.10 Å². The van der Waals surface area contributed by atoms with E-state index in [-0.39, 0.29) is 29.0 Å². The molecule has 0 amide bonds. The molecular formula is C20H30O3. The number of ether oxygens (including phenoxy) is 1. The number of rotatable bonds is 2. The molecule has 0 bridgehead atoms. The van der Waals surface area contributed by atoms with Crippen LogP contribution in [0.1, 0.15) is 59.8 Å². The summed E-state index contributed by atoms with van der Waals surface area (Å²) in [6, 6.07) is 0. The first-order valence-corrected chi connectivity index (χ1v) is 8.91. The number of hydrogen-bond donors (Lipinski definition) is 1. The Labute approximate surface area is 139 Å². The number of carbonyl (C=O) groups is 1. The third-order valence-corrected chi connectivity index (χ3v) is 7.11. The molecule has 1 heterocycles. The second-order valence-electron chi connectivity index (χ2n) is 8.73. The van der Waals surface area contributed by atoms with Crippen LogP contribution >= 0.6 is 0 Å². The molecule has 3 aliphatic rings. The van der Waals surface area contributed by atoms with Gasteiger partial charge in [-0.3, -0.25) is 0 Å². The number of cyclic esters (lactones) is 1. The first kappa shape index (κ1) is 16.8. The molecule has 0 aromatic carbocycles. The fraction of sp³-hybridized carbons (Fsp3) is 0.750. The van der Waals surface area contributed by atoms with E-state index in [2.05, 4.69) is 27.4 Å². The fourth-order valence-corrected chi connectivity index (χ4v) is 5.60. The fourth-order valence-electron chi connectivity index (χ4n) is 5.60. The van der Waals surface area contributed by atoms with Gasteiger partial charge in [0, 0.05) is 6.08 Å². The van der Waals surface area contributed by atoms with Crippen LogP contribution in [0.2, 0.25) is 0 Å². The minimum Gasteiger partial charge on any atom is -0.455 e. The van der Waals surface area contributed by atoms with Gasteiger partial charge >= 0.3 is 5.97 Å². The second-order valence-corrected chi connectivity index (χ2v) is 8.73. The molecule has 3 nitrogen and oxygen atoms in total. The molecule has 2 fully saturated rings. The van der Waals surface area contributed by atoms with Gasteiger partial charge in [-0.05, 0) is 67.3 Å². The van der Waals surface area contributed by atoms with Crippen LogP contribution in [0, 0.1) is 22.7 Å². The number of carbonyl (C=O) groups excluding carboxylic acids is 1. The van der Waals surface area contributed by atoms with E-state index >= 15 is 0 Å². The molecule has 0 saturated heterocycles.